The Bertz CT molecular complexity index is 945. The minimum atomic E-state index is -0.510. The molecule has 1 aliphatic rings. The van der Waals surface area contributed by atoms with E-state index >= 15 is 0 Å². The van der Waals surface area contributed by atoms with Crippen molar-refractivity contribution in [3.8, 4) is 17.2 Å². The molecule has 0 radical (unpaired) electrons. The number of Topliss-reactive ketones (excluding diaryl/α,β-unsaturated/α-hetero) is 1. The van der Waals surface area contributed by atoms with Crippen LogP contribution in [0.2, 0.25) is 0 Å². The average Bonchev–Trinajstić information content (AvgIpc) is 3.14. The monoisotopic (exact) mass is 412 g/mol. The first-order chi connectivity index (χ1) is 14.4. The number of methoxy groups -OCH3 is 3. The zero-order valence-corrected chi connectivity index (χ0v) is 17.4. The van der Waals surface area contributed by atoms with E-state index in [1.165, 1.54) is 33.2 Å². The van der Waals surface area contributed by atoms with Gasteiger partial charge >= 0.3 is 0 Å². The summed E-state index contributed by atoms with van der Waals surface area (Å²) in [6.07, 6.45) is 0.0913. The quantitative estimate of drug-likeness (QED) is 0.703. The molecular formula is C22H24N2O6. The van der Waals surface area contributed by atoms with E-state index in [0.717, 1.165) is 0 Å². The van der Waals surface area contributed by atoms with Crippen LogP contribution in [0, 0.1) is 5.92 Å². The van der Waals surface area contributed by atoms with Gasteiger partial charge in [0, 0.05) is 36.3 Å². The molecule has 0 spiro atoms. The normalized spacial score (nSPS) is 15.7. The Labute approximate surface area is 174 Å². The van der Waals surface area contributed by atoms with Gasteiger partial charge in [-0.15, -0.1) is 0 Å². The number of anilines is 2. The lowest BCUT2D eigenvalue weighted by atomic mass is 10.1. The third-order valence-electron chi connectivity index (χ3n) is 5.02. The van der Waals surface area contributed by atoms with Crippen molar-refractivity contribution < 1.29 is 28.6 Å². The first-order valence-corrected chi connectivity index (χ1v) is 9.40. The van der Waals surface area contributed by atoms with Gasteiger partial charge in [0.1, 0.15) is 0 Å². The lowest BCUT2D eigenvalue weighted by Crippen LogP contribution is -2.28. The van der Waals surface area contributed by atoms with Crippen molar-refractivity contribution in [3.05, 3.63) is 42.0 Å². The van der Waals surface area contributed by atoms with Gasteiger partial charge in [-0.3, -0.25) is 14.4 Å². The number of amides is 2. The van der Waals surface area contributed by atoms with Crippen molar-refractivity contribution in [3.63, 3.8) is 0 Å². The molecule has 0 aliphatic carbocycles. The number of nitrogens with zero attached hydrogens (tertiary/aromatic N) is 1. The molecule has 1 saturated heterocycles. The summed E-state index contributed by atoms with van der Waals surface area (Å²) < 4.78 is 16.0. The molecule has 8 heteroatoms. The van der Waals surface area contributed by atoms with Gasteiger partial charge in [0.05, 0.1) is 32.9 Å². The molecule has 1 fully saturated rings. The number of rotatable bonds is 7. The maximum atomic E-state index is 12.7. The van der Waals surface area contributed by atoms with Gasteiger partial charge in [-0.2, -0.15) is 0 Å². The zero-order chi connectivity index (χ0) is 21.8. The summed E-state index contributed by atoms with van der Waals surface area (Å²) in [4.78, 5) is 38.2. The van der Waals surface area contributed by atoms with Crippen molar-refractivity contribution in [1.29, 1.82) is 0 Å². The molecule has 2 amide bonds. The van der Waals surface area contributed by atoms with E-state index in [9.17, 15) is 14.4 Å². The summed E-state index contributed by atoms with van der Waals surface area (Å²) >= 11 is 0. The molecule has 1 aliphatic heterocycles. The van der Waals surface area contributed by atoms with E-state index in [4.69, 9.17) is 14.2 Å². The fraction of sp³-hybridized carbons (Fsp3) is 0.318. The number of carbonyl (C=O) groups excluding carboxylic acids is 3. The minimum absolute atomic E-state index is 0.0461. The maximum absolute atomic E-state index is 12.7. The average molecular weight is 412 g/mol. The number of hydrogen-bond donors (Lipinski definition) is 1. The van der Waals surface area contributed by atoms with Crippen molar-refractivity contribution in [2.45, 2.75) is 13.3 Å². The number of nitrogens with one attached hydrogen (secondary N) is 1. The molecule has 0 bridgehead atoms. The first kappa shape index (κ1) is 21.2. The molecule has 8 nitrogen and oxygen atoms in total. The van der Waals surface area contributed by atoms with E-state index in [-0.39, 0.29) is 30.6 Å². The number of benzene rings is 2. The van der Waals surface area contributed by atoms with Crippen LogP contribution in [0.5, 0.6) is 17.2 Å². The number of ether oxygens (including phenoxy) is 3. The molecule has 1 heterocycles. The molecule has 30 heavy (non-hydrogen) atoms. The SMILES string of the molecule is COc1cc(N2CC(C(=O)Nc3ccc(C(C)=O)cc3)CC2=O)cc(OC)c1OC. The lowest BCUT2D eigenvalue weighted by molar-refractivity contribution is -0.122. The maximum Gasteiger partial charge on any atom is 0.229 e. The van der Waals surface area contributed by atoms with E-state index < -0.39 is 5.92 Å². The molecule has 2 aromatic carbocycles. The third kappa shape index (κ3) is 4.22. The van der Waals surface area contributed by atoms with Crippen LogP contribution in [0.4, 0.5) is 11.4 Å². The van der Waals surface area contributed by atoms with Gasteiger partial charge in [0.2, 0.25) is 17.6 Å². The molecule has 1 N–H and O–H groups in total. The smallest absolute Gasteiger partial charge is 0.229 e. The fourth-order valence-electron chi connectivity index (χ4n) is 3.39. The lowest BCUT2D eigenvalue weighted by Gasteiger charge is -2.20. The molecule has 0 aromatic heterocycles. The summed E-state index contributed by atoms with van der Waals surface area (Å²) in [7, 11) is 4.51. The van der Waals surface area contributed by atoms with Crippen LogP contribution in [0.1, 0.15) is 23.7 Å². The van der Waals surface area contributed by atoms with E-state index in [2.05, 4.69) is 5.32 Å². The summed E-state index contributed by atoms with van der Waals surface area (Å²) in [6.45, 7) is 1.71. The summed E-state index contributed by atoms with van der Waals surface area (Å²) in [5.74, 6) is 0.305. The van der Waals surface area contributed by atoms with E-state index in [0.29, 0.717) is 34.2 Å². The Balaban J connectivity index is 1.76. The van der Waals surface area contributed by atoms with E-state index in [1.54, 1.807) is 36.4 Å². The highest BCUT2D eigenvalue weighted by atomic mass is 16.5. The minimum Gasteiger partial charge on any atom is -0.493 e. The van der Waals surface area contributed by atoms with Crippen molar-refractivity contribution >= 4 is 29.0 Å². The Hall–Kier alpha value is -3.55. The van der Waals surface area contributed by atoms with Gasteiger partial charge in [-0.25, -0.2) is 0 Å². The van der Waals surface area contributed by atoms with Crippen molar-refractivity contribution in [1.82, 2.24) is 0 Å². The molecule has 158 valence electrons. The first-order valence-electron chi connectivity index (χ1n) is 9.40. The van der Waals surface area contributed by atoms with Crippen LogP contribution in [-0.2, 0) is 9.59 Å². The standard InChI is InChI=1S/C22H24N2O6/c1-13(25)14-5-7-16(8-6-14)23-22(27)15-9-20(26)24(12-15)17-10-18(28-2)21(30-4)19(11-17)29-3/h5-8,10-11,15H,9,12H2,1-4H3,(H,23,27). The summed E-state index contributed by atoms with van der Waals surface area (Å²) in [5, 5.41) is 2.81. The Morgan fingerprint density at radius 3 is 2.10 bits per heavy atom. The van der Waals surface area contributed by atoms with Crippen LogP contribution in [0.3, 0.4) is 0 Å². The molecule has 1 atom stereocenters. The van der Waals surface area contributed by atoms with Gasteiger partial charge in [-0.05, 0) is 31.2 Å². The molecule has 1 unspecified atom stereocenters. The van der Waals surface area contributed by atoms with Crippen molar-refractivity contribution in [2.75, 3.05) is 38.1 Å². The van der Waals surface area contributed by atoms with Gasteiger partial charge in [0.25, 0.3) is 0 Å². The van der Waals surface area contributed by atoms with Gasteiger partial charge in [-0.1, -0.05) is 0 Å². The van der Waals surface area contributed by atoms with Crippen LogP contribution in [-0.4, -0.2) is 45.5 Å². The molecule has 2 aromatic rings. The van der Waals surface area contributed by atoms with Crippen LogP contribution < -0.4 is 24.4 Å². The highest BCUT2D eigenvalue weighted by Crippen LogP contribution is 2.42. The second-order valence-electron chi connectivity index (χ2n) is 6.91. The Morgan fingerprint density at radius 1 is 1.00 bits per heavy atom. The Morgan fingerprint density at radius 2 is 1.60 bits per heavy atom. The fourth-order valence-corrected chi connectivity index (χ4v) is 3.39. The van der Waals surface area contributed by atoms with Crippen LogP contribution in [0.15, 0.2) is 36.4 Å². The number of ketones is 1. The Kier molecular flexibility index (Phi) is 6.25. The van der Waals surface area contributed by atoms with Gasteiger partial charge < -0.3 is 24.4 Å². The molecule has 3 rings (SSSR count). The number of hydrogen-bond acceptors (Lipinski definition) is 6. The largest absolute Gasteiger partial charge is 0.493 e. The predicted octanol–water partition coefficient (Wildman–Crippen LogP) is 2.91. The highest BCUT2D eigenvalue weighted by Gasteiger charge is 2.36. The second-order valence-corrected chi connectivity index (χ2v) is 6.91. The highest BCUT2D eigenvalue weighted by molar-refractivity contribution is 6.04. The predicted molar refractivity (Wildman–Crippen MR) is 112 cm³/mol. The van der Waals surface area contributed by atoms with Gasteiger partial charge in [0.15, 0.2) is 17.3 Å². The summed E-state index contributed by atoms with van der Waals surface area (Å²) in [5.41, 5.74) is 1.71. The topological polar surface area (TPSA) is 94.2 Å². The second kappa shape index (κ2) is 8.86. The van der Waals surface area contributed by atoms with Crippen LogP contribution in [0.25, 0.3) is 0 Å². The molecule has 0 saturated carbocycles. The van der Waals surface area contributed by atoms with Crippen molar-refractivity contribution in [2.24, 2.45) is 5.92 Å². The third-order valence-corrected chi connectivity index (χ3v) is 5.02. The number of carbonyl (C=O) groups is 3. The summed E-state index contributed by atoms with van der Waals surface area (Å²) in [6, 6.07) is 10.0. The van der Waals surface area contributed by atoms with E-state index in [1.807, 2.05) is 0 Å². The zero-order valence-electron chi connectivity index (χ0n) is 17.4. The molecular weight excluding hydrogens is 388 g/mol. The van der Waals surface area contributed by atoms with Crippen LogP contribution >= 0.6 is 0 Å².